The molecule has 0 spiro atoms. The molecule has 2 aromatic carbocycles. The van der Waals surface area contributed by atoms with Crippen LogP contribution in [0.25, 0.3) is 16.9 Å². The van der Waals surface area contributed by atoms with Crippen LogP contribution in [-0.2, 0) is 0 Å². The van der Waals surface area contributed by atoms with Crippen LogP contribution in [0.15, 0.2) is 42.5 Å². The van der Waals surface area contributed by atoms with Crippen LogP contribution in [0.5, 0.6) is 5.75 Å². The van der Waals surface area contributed by atoms with E-state index < -0.39 is 0 Å². The number of halogens is 2. The van der Waals surface area contributed by atoms with Gasteiger partial charge in [-0.25, -0.2) is 9.69 Å². The number of amides is 1. The normalized spacial score (nSPS) is 14.9. The number of methoxy groups -OCH3 is 1. The van der Waals surface area contributed by atoms with Crippen molar-refractivity contribution < 1.29 is 9.53 Å². The maximum Gasteiger partial charge on any atom is 0.286 e. The highest BCUT2D eigenvalue weighted by molar-refractivity contribution is 6.35. The number of nitrogens with one attached hydrogen (secondary N) is 1. The van der Waals surface area contributed by atoms with E-state index in [1.54, 1.807) is 23.9 Å². The second-order valence-corrected chi connectivity index (χ2v) is 9.56. The summed E-state index contributed by atoms with van der Waals surface area (Å²) >= 11 is 12.7. The molecule has 1 aliphatic rings. The molecule has 6 nitrogen and oxygen atoms in total. The molecule has 0 bridgehead atoms. The van der Waals surface area contributed by atoms with Gasteiger partial charge in [-0.05, 0) is 68.1 Å². The highest BCUT2D eigenvalue weighted by Gasteiger charge is 2.26. The Morgan fingerprint density at radius 3 is 2.47 bits per heavy atom. The van der Waals surface area contributed by atoms with Gasteiger partial charge >= 0.3 is 0 Å². The summed E-state index contributed by atoms with van der Waals surface area (Å²) in [6.45, 7) is 5.84. The van der Waals surface area contributed by atoms with Gasteiger partial charge in [0.1, 0.15) is 5.75 Å². The predicted molar refractivity (Wildman–Crippen MR) is 137 cm³/mol. The van der Waals surface area contributed by atoms with Crippen LogP contribution in [0.1, 0.15) is 48.7 Å². The van der Waals surface area contributed by atoms with E-state index in [-0.39, 0.29) is 5.91 Å². The molecule has 4 rings (SSSR count). The quantitative estimate of drug-likeness (QED) is 0.412. The van der Waals surface area contributed by atoms with Crippen molar-refractivity contribution in [1.29, 1.82) is 0 Å². The van der Waals surface area contributed by atoms with Crippen LogP contribution < -0.4 is 10.2 Å². The van der Waals surface area contributed by atoms with E-state index in [1.165, 1.54) is 12.8 Å². The van der Waals surface area contributed by atoms with Crippen molar-refractivity contribution in [3.8, 4) is 22.7 Å². The molecule has 2 heterocycles. The van der Waals surface area contributed by atoms with Crippen molar-refractivity contribution in [2.45, 2.75) is 39.5 Å². The van der Waals surface area contributed by atoms with Crippen molar-refractivity contribution in [3.05, 3.63) is 63.8 Å². The monoisotopic (exact) mass is 500 g/mol. The SMILES string of the molecule is CCCC1CCN(NC(=O)c2nn(-c3ccc(Cl)cc3Cl)c(-c3ccc(OC)cc3)c2C)CC1. The van der Waals surface area contributed by atoms with Crippen LogP contribution in [0.2, 0.25) is 10.0 Å². The minimum absolute atomic E-state index is 0.218. The minimum atomic E-state index is -0.218. The molecule has 0 unspecified atom stereocenters. The lowest BCUT2D eigenvalue weighted by Crippen LogP contribution is -2.46. The molecular formula is C26H30Cl2N4O2. The van der Waals surface area contributed by atoms with Crippen molar-refractivity contribution in [2.75, 3.05) is 20.2 Å². The van der Waals surface area contributed by atoms with Crippen LogP contribution >= 0.6 is 23.2 Å². The van der Waals surface area contributed by atoms with Gasteiger partial charge in [0.25, 0.3) is 5.91 Å². The number of benzene rings is 2. The summed E-state index contributed by atoms with van der Waals surface area (Å²) in [4.78, 5) is 13.3. The Bertz CT molecular complexity index is 1150. The minimum Gasteiger partial charge on any atom is -0.497 e. The Kier molecular flexibility index (Phi) is 7.81. The number of hydrogen-bond acceptors (Lipinski definition) is 4. The van der Waals surface area contributed by atoms with Crippen LogP contribution in [0.4, 0.5) is 0 Å². The number of carbonyl (C=O) groups excluding carboxylic acids is 1. The lowest BCUT2D eigenvalue weighted by molar-refractivity contribution is 0.0690. The number of hydrazine groups is 1. The Labute approximate surface area is 210 Å². The summed E-state index contributed by atoms with van der Waals surface area (Å²) in [7, 11) is 1.63. The van der Waals surface area contributed by atoms with Crippen LogP contribution in [0, 0.1) is 12.8 Å². The van der Waals surface area contributed by atoms with E-state index >= 15 is 0 Å². The Morgan fingerprint density at radius 1 is 1.15 bits per heavy atom. The Balaban J connectivity index is 1.68. The van der Waals surface area contributed by atoms with Gasteiger partial charge in [0, 0.05) is 29.2 Å². The molecule has 1 N–H and O–H groups in total. The highest BCUT2D eigenvalue weighted by Crippen LogP contribution is 2.33. The van der Waals surface area contributed by atoms with Gasteiger partial charge in [-0.1, -0.05) is 43.0 Å². The second kappa shape index (κ2) is 10.8. The largest absolute Gasteiger partial charge is 0.497 e. The molecule has 180 valence electrons. The Morgan fingerprint density at radius 2 is 1.85 bits per heavy atom. The van der Waals surface area contributed by atoms with Gasteiger partial charge in [0.05, 0.1) is 23.5 Å². The van der Waals surface area contributed by atoms with Gasteiger partial charge < -0.3 is 4.74 Å². The fraction of sp³-hybridized carbons (Fsp3) is 0.385. The maximum atomic E-state index is 13.3. The summed E-state index contributed by atoms with van der Waals surface area (Å²) in [5, 5.41) is 7.72. The van der Waals surface area contributed by atoms with Gasteiger partial charge in [-0.3, -0.25) is 10.2 Å². The Hall–Kier alpha value is -2.54. The van der Waals surface area contributed by atoms with Crippen molar-refractivity contribution >= 4 is 29.1 Å². The van der Waals surface area contributed by atoms with Crippen LogP contribution in [0.3, 0.4) is 0 Å². The average molecular weight is 501 g/mol. The van der Waals surface area contributed by atoms with E-state index in [0.717, 1.165) is 54.4 Å². The number of hydrogen-bond donors (Lipinski definition) is 1. The molecular weight excluding hydrogens is 471 g/mol. The zero-order chi connectivity index (χ0) is 24.2. The lowest BCUT2D eigenvalue weighted by Gasteiger charge is -2.31. The molecule has 1 saturated heterocycles. The summed E-state index contributed by atoms with van der Waals surface area (Å²) in [5.41, 5.74) is 6.55. The maximum absolute atomic E-state index is 13.3. The van der Waals surface area contributed by atoms with E-state index in [1.807, 2.05) is 42.3 Å². The molecule has 0 saturated carbocycles. The summed E-state index contributed by atoms with van der Waals surface area (Å²) in [5.74, 6) is 1.28. The third-order valence-corrected chi connectivity index (χ3v) is 6.95. The molecule has 0 aliphatic carbocycles. The first-order valence-corrected chi connectivity index (χ1v) is 12.4. The topological polar surface area (TPSA) is 59.4 Å². The highest BCUT2D eigenvalue weighted by atomic mass is 35.5. The van der Waals surface area contributed by atoms with E-state index in [4.69, 9.17) is 33.0 Å². The third kappa shape index (κ3) is 5.24. The molecule has 1 aromatic heterocycles. The van der Waals surface area contributed by atoms with Gasteiger partial charge in [0.15, 0.2) is 5.69 Å². The average Bonchev–Trinajstić information content (AvgIpc) is 3.17. The van der Waals surface area contributed by atoms with Crippen LogP contribution in [-0.4, -0.2) is 40.9 Å². The van der Waals surface area contributed by atoms with Gasteiger partial charge in [-0.2, -0.15) is 5.10 Å². The first kappa shape index (κ1) is 24.6. The third-order valence-electron chi connectivity index (χ3n) is 6.41. The van der Waals surface area contributed by atoms with Gasteiger partial charge in [-0.15, -0.1) is 0 Å². The fourth-order valence-corrected chi connectivity index (χ4v) is 5.05. The number of ether oxygens (including phenoxy) is 1. The number of aromatic nitrogens is 2. The predicted octanol–water partition coefficient (Wildman–Crippen LogP) is 6.32. The summed E-state index contributed by atoms with van der Waals surface area (Å²) < 4.78 is 7.03. The lowest BCUT2D eigenvalue weighted by atomic mass is 9.93. The number of nitrogens with zero attached hydrogens (tertiary/aromatic N) is 3. The van der Waals surface area contributed by atoms with E-state index in [9.17, 15) is 4.79 Å². The molecule has 8 heteroatoms. The van der Waals surface area contributed by atoms with Crippen molar-refractivity contribution in [3.63, 3.8) is 0 Å². The molecule has 1 amide bonds. The standard InChI is InChI=1S/C26H30Cl2N4O2/c1-4-5-18-12-14-31(15-13-18)30-26(33)24-17(2)25(19-6-9-21(34-3)10-7-19)32(29-24)23-11-8-20(27)16-22(23)28/h6-11,16,18H,4-5,12-15H2,1-3H3,(H,30,33). The second-order valence-electron chi connectivity index (χ2n) is 8.72. The van der Waals surface area contributed by atoms with Gasteiger partial charge in [0.2, 0.25) is 0 Å². The van der Waals surface area contributed by atoms with E-state index in [0.29, 0.717) is 21.4 Å². The number of carbonyl (C=O) groups is 1. The van der Waals surface area contributed by atoms with E-state index in [2.05, 4.69) is 12.3 Å². The van der Waals surface area contributed by atoms with Crippen molar-refractivity contribution in [2.24, 2.45) is 5.92 Å². The first-order valence-electron chi connectivity index (χ1n) is 11.7. The number of rotatable bonds is 7. The zero-order valence-electron chi connectivity index (χ0n) is 19.8. The number of piperidine rings is 1. The first-order chi connectivity index (χ1) is 16.4. The molecule has 0 radical (unpaired) electrons. The molecule has 34 heavy (non-hydrogen) atoms. The fourth-order valence-electron chi connectivity index (χ4n) is 4.56. The smallest absolute Gasteiger partial charge is 0.286 e. The molecule has 0 atom stereocenters. The zero-order valence-corrected chi connectivity index (χ0v) is 21.3. The molecule has 3 aromatic rings. The van der Waals surface area contributed by atoms with Crippen molar-refractivity contribution in [1.82, 2.24) is 20.2 Å². The summed E-state index contributed by atoms with van der Waals surface area (Å²) in [6.07, 6.45) is 4.64. The molecule has 1 aliphatic heterocycles. The summed E-state index contributed by atoms with van der Waals surface area (Å²) in [6, 6.07) is 12.9. The molecule has 1 fully saturated rings.